The van der Waals surface area contributed by atoms with Gasteiger partial charge in [-0.2, -0.15) is 4.31 Å². The summed E-state index contributed by atoms with van der Waals surface area (Å²) in [7, 11) is -3.52. The average molecular weight is 444 g/mol. The highest BCUT2D eigenvalue weighted by Gasteiger charge is 2.32. The molecule has 1 N–H and O–H groups in total. The van der Waals surface area contributed by atoms with E-state index >= 15 is 0 Å². The third-order valence-electron chi connectivity index (χ3n) is 5.53. The Labute approximate surface area is 181 Å². The van der Waals surface area contributed by atoms with Crippen molar-refractivity contribution in [2.45, 2.75) is 38.5 Å². The minimum absolute atomic E-state index is 0.0872. The minimum atomic E-state index is -3.52. The monoisotopic (exact) mass is 443 g/mol. The number of amides is 1. The minimum Gasteiger partial charge on any atom is -0.302 e. The van der Waals surface area contributed by atoms with E-state index in [2.05, 4.69) is 16.4 Å². The maximum absolute atomic E-state index is 12.8. The second-order valence-electron chi connectivity index (χ2n) is 7.93. The van der Waals surface area contributed by atoms with Gasteiger partial charge in [0.25, 0.3) is 0 Å². The number of piperidine rings is 1. The number of rotatable bonds is 4. The van der Waals surface area contributed by atoms with Gasteiger partial charge in [0.2, 0.25) is 15.9 Å². The number of thiazole rings is 1. The molecule has 1 amide bonds. The van der Waals surface area contributed by atoms with Crippen molar-refractivity contribution in [2.75, 3.05) is 18.4 Å². The molecule has 2 aromatic carbocycles. The highest BCUT2D eigenvalue weighted by Crippen LogP contribution is 2.31. The van der Waals surface area contributed by atoms with E-state index < -0.39 is 10.0 Å². The molecule has 0 radical (unpaired) electrons. The molecule has 0 spiro atoms. The van der Waals surface area contributed by atoms with Crippen molar-refractivity contribution < 1.29 is 13.2 Å². The number of anilines is 1. The van der Waals surface area contributed by atoms with Gasteiger partial charge < -0.3 is 5.32 Å². The second-order valence-corrected chi connectivity index (χ2v) is 10.9. The van der Waals surface area contributed by atoms with Crippen molar-refractivity contribution in [3.05, 3.63) is 53.1 Å². The van der Waals surface area contributed by atoms with Gasteiger partial charge in [-0.15, -0.1) is 0 Å². The lowest BCUT2D eigenvalue weighted by atomic mass is 9.97. The van der Waals surface area contributed by atoms with Gasteiger partial charge in [-0.1, -0.05) is 35.1 Å². The van der Waals surface area contributed by atoms with Gasteiger partial charge in [-0.05, 0) is 62.9 Å². The van der Waals surface area contributed by atoms with Crippen LogP contribution in [0.3, 0.4) is 0 Å². The van der Waals surface area contributed by atoms with Crippen LogP contribution in [0.1, 0.15) is 29.5 Å². The first-order valence-electron chi connectivity index (χ1n) is 9.99. The highest BCUT2D eigenvalue weighted by molar-refractivity contribution is 7.89. The van der Waals surface area contributed by atoms with Gasteiger partial charge >= 0.3 is 0 Å². The van der Waals surface area contributed by atoms with E-state index in [1.165, 1.54) is 15.6 Å². The lowest BCUT2D eigenvalue weighted by Crippen LogP contribution is -2.41. The van der Waals surface area contributed by atoms with Crippen LogP contribution in [0.25, 0.3) is 10.2 Å². The van der Waals surface area contributed by atoms with Crippen LogP contribution < -0.4 is 5.32 Å². The largest absolute Gasteiger partial charge is 0.302 e. The van der Waals surface area contributed by atoms with Crippen LogP contribution in [0.4, 0.5) is 5.13 Å². The number of carbonyl (C=O) groups is 1. The molecule has 0 unspecified atom stereocenters. The predicted octanol–water partition coefficient (Wildman–Crippen LogP) is 4.26. The van der Waals surface area contributed by atoms with Gasteiger partial charge in [0, 0.05) is 19.0 Å². The zero-order valence-corrected chi connectivity index (χ0v) is 18.9. The Hall–Kier alpha value is -2.29. The number of aromatic nitrogens is 1. The van der Waals surface area contributed by atoms with Crippen LogP contribution in [0, 0.1) is 26.7 Å². The standard InChI is InChI=1S/C22H25N3O3S2/c1-14-4-6-18(7-5-14)30(27,28)25-10-8-17(9-11-25)21(26)24-22-23-19-13-15(2)12-16(3)20(19)29-22/h4-7,12-13,17H,8-11H2,1-3H3,(H,23,24,26). The van der Waals surface area contributed by atoms with Crippen molar-refractivity contribution in [2.24, 2.45) is 5.92 Å². The van der Waals surface area contributed by atoms with Crippen molar-refractivity contribution >= 4 is 42.6 Å². The number of aryl methyl sites for hydroxylation is 3. The number of sulfonamides is 1. The summed E-state index contributed by atoms with van der Waals surface area (Å²) in [5.74, 6) is -0.305. The Bertz CT molecular complexity index is 1190. The predicted molar refractivity (Wildman–Crippen MR) is 120 cm³/mol. The quantitative estimate of drug-likeness (QED) is 0.653. The van der Waals surface area contributed by atoms with Gasteiger partial charge in [0.1, 0.15) is 0 Å². The Morgan fingerprint density at radius 3 is 2.40 bits per heavy atom. The molecule has 3 aromatic rings. The molecular weight excluding hydrogens is 418 g/mol. The van der Waals surface area contributed by atoms with Crippen molar-refractivity contribution in [1.82, 2.24) is 9.29 Å². The Morgan fingerprint density at radius 1 is 1.07 bits per heavy atom. The summed E-state index contributed by atoms with van der Waals surface area (Å²) in [6, 6.07) is 11.0. The number of hydrogen-bond donors (Lipinski definition) is 1. The topological polar surface area (TPSA) is 79.4 Å². The molecule has 1 aliphatic heterocycles. The van der Waals surface area contributed by atoms with Crippen LogP contribution >= 0.6 is 11.3 Å². The van der Waals surface area contributed by atoms with Crippen molar-refractivity contribution in [3.8, 4) is 0 Å². The summed E-state index contributed by atoms with van der Waals surface area (Å²) in [5.41, 5.74) is 4.21. The number of benzene rings is 2. The first-order valence-corrected chi connectivity index (χ1v) is 12.2. The first kappa shape index (κ1) is 21.0. The molecule has 158 valence electrons. The second kappa shape index (κ2) is 8.09. The molecule has 0 saturated carbocycles. The summed E-state index contributed by atoms with van der Waals surface area (Å²) in [6.45, 7) is 6.68. The molecule has 0 bridgehead atoms. The van der Waals surface area contributed by atoms with Gasteiger partial charge in [-0.3, -0.25) is 4.79 Å². The maximum atomic E-state index is 12.8. The molecule has 1 aliphatic rings. The van der Waals surface area contributed by atoms with Crippen LogP contribution in [0.15, 0.2) is 41.3 Å². The Balaban J connectivity index is 1.41. The number of fused-ring (bicyclic) bond motifs is 1. The fourth-order valence-electron chi connectivity index (χ4n) is 3.86. The molecule has 4 rings (SSSR count). The van der Waals surface area contributed by atoms with E-state index in [-0.39, 0.29) is 11.8 Å². The number of nitrogens with zero attached hydrogens (tertiary/aromatic N) is 2. The molecule has 0 aliphatic carbocycles. The highest BCUT2D eigenvalue weighted by atomic mass is 32.2. The molecule has 6 nitrogen and oxygen atoms in total. The molecule has 1 saturated heterocycles. The Morgan fingerprint density at radius 2 is 1.73 bits per heavy atom. The number of hydrogen-bond acceptors (Lipinski definition) is 5. The summed E-state index contributed by atoms with van der Waals surface area (Å²) in [5, 5.41) is 3.54. The van der Waals surface area contributed by atoms with Crippen LogP contribution in [0.2, 0.25) is 0 Å². The SMILES string of the molecule is Cc1ccc(S(=O)(=O)N2CCC(C(=O)Nc3nc4cc(C)cc(C)c4s3)CC2)cc1. The normalized spacial score (nSPS) is 16.1. The summed E-state index contributed by atoms with van der Waals surface area (Å²) < 4.78 is 28.2. The van der Waals surface area contributed by atoms with Crippen molar-refractivity contribution in [3.63, 3.8) is 0 Å². The molecule has 2 heterocycles. The fraction of sp³-hybridized carbons (Fsp3) is 0.364. The molecule has 0 atom stereocenters. The molecular formula is C22H25N3O3S2. The first-order chi connectivity index (χ1) is 14.2. The zero-order valence-electron chi connectivity index (χ0n) is 17.3. The third kappa shape index (κ3) is 4.12. The molecule has 30 heavy (non-hydrogen) atoms. The third-order valence-corrected chi connectivity index (χ3v) is 8.57. The number of carbonyl (C=O) groups excluding carboxylic acids is 1. The summed E-state index contributed by atoms with van der Waals surface area (Å²) in [6.07, 6.45) is 1.000. The van der Waals surface area contributed by atoms with E-state index in [0.717, 1.165) is 26.9 Å². The number of nitrogens with one attached hydrogen (secondary N) is 1. The van der Waals surface area contributed by atoms with Crippen LogP contribution in [-0.2, 0) is 14.8 Å². The van der Waals surface area contributed by atoms with E-state index in [0.29, 0.717) is 36.0 Å². The molecule has 1 fully saturated rings. The maximum Gasteiger partial charge on any atom is 0.243 e. The average Bonchev–Trinajstić information content (AvgIpc) is 3.11. The summed E-state index contributed by atoms with van der Waals surface area (Å²) in [4.78, 5) is 17.6. The fourth-order valence-corrected chi connectivity index (χ4v) is 6.24. The Kier molecular flexibility index (Phi) is 5.65. The van der Waals surface area contributed by atoms with Gasteiger partial charge in [0.15, 0.2) is 5.13 Å². The molecule has 1 aromatic heterocycles. The molecule has 8 heteroatoms. The smallest absolute Gasteiger partial charge is 0.243 e. The zero-order chi connectivity index (χ0) is 21.5. The lowest BCUT2D eigenvalue weighted by Gasteiger charge is -2.30. The van der Waals surface area contributed by atoms with Crippen LogP contribution in [0.5, 0.6) is 0 Å². The summed E-state index contributed by atoms with van der Waals surface area (Å²) >= 11 is 1.48. The van der Waals surface area contributed by atoms with Gasteiger partial charge in [0.05, 0.1) is 15.1 Å². The van der Waals surface area contributed by atoms with Gasteiger partial charge in [-0.25, -0.2) is 13.4 Å². The van der Waals surface area contributed by atoms with Crippen LogP contribution in [-0.4, -0.2) is 36.7 Å². The van der Waals surface area contributed by atoms with E-state index in [9.17, 15) is 13.2 Å². The van der Waals surface area contributed by atoms with E-state index in [4.69, 9.17) is 0 Å². The van der Waals surface area contributed by atoms with Crippen molar-refractivity contribution in [1.29, 1.82) is 0 Å². The lowest BCUT2D eigenvalue weighted by molar-refractivity contribution is -0.120. The van der Waals surface area contributed by atoms with E-state index in [1.54, 1.807) is 24.3 Å². The van der Waals surface area contributed by atoms with E-state index in [1.807, 2.05) is 26.8 Å².